The van der Waals surface area contributed by atoms with Crippen LogP contribution in [0.15, 0.2) is 48.5 Å². The molecule has 1 N–H and O–H groups in total. The number of anilines is 1. The van der Waals surface area contributed by atoms with Crippen LogP contribution in [0.4, 0.5) is 23.2 Å². The molecular formula is C26H19F4N3O2. The number of fused-ring (bicyclic) bond motifs is 1. The number of nitrogens with one attached hydrogen (secondary N) is 1. The van der Waals surface area contributed by atoms with Crippen LogP contribution in [0.25, 0.3) is 0 Å². The Kier molecular flexibility index (Phi) is 6.07. The summed E-state index contributed by atoms with van der Waals surface area (Å²) in [7, 11) is 0. The third-order valence-electron chi connectivity index (χ3n) is 5.96. The van der Waals surface area contributed by atoms with Gasteiger partial charge in [0.2, 0.25) is 0 Å². The molecule has 0 saturated carbocycles. The Labute approximate surface area is 198 Å². The number of halogens is 4. The van der Waals surface area contributed by atoms with Crippen molar-refractivity contribution in [3.63, 3.8) is 0 Å². The minimum absolute atomic E-state index is 0.0290. The van der Waals surface area contributed by atoms with Crippen LogP contribution in [0.5, 0.6) is 0 Å². The third-order valence-corrected chi connectivity index (χ3v) is 5.96. The highest BCUT2D eigenvalue weighted by atomic mass is 19.1. The van der Waals surface area contributed by atoms with Crippen molar-refractivity contribution in [1.82, 2.24) is 5.32 Å². The average Bonchev–Trinajstić information content (AvgIpc) is 2.99. The van der Waals surface area contributed by atoms with Gasteiger partial charge in [0, 0.05) is 35.4 Å². The summed E-state index contributed by atoms with van der Waals surface area (Å²) in [6, 6.07) is 11.6. The Morgan fingerprint density at radius 1 is 1.03 bits per heavy atom. The van der Waals surface area contributed by atoms with E-state index in [0.717, 1.165) is 0 Å². The normalized spacial score (nSPS) is 16.7. The van der Waals surface area contributed by atoms with E-state index in [-0.39, 0.29) is 12.1 Å². The molecule has 2 amide bonds. The summed E-state index contributed by atoms with van der Waals surface area (Å²) >= 11 is 0. The number of amides is 2. The number of rotatable bonds is 5. The molecule has 1 atom stereocenters. The van der Waals surface area contributed by atoms with Crippen molar-refractivity contribution in [1.29, 1.82) is 5.26 Å². The van der Waals surface area contributed by atoms with Gasteiger partial charge in [0.15, 0.2) is 5.41 Å². The standard InChI is InChI=1S/C26H19F4N3O2/c1-14-5-15(7-17(27)6-14)12-33-23-8-16(3-4-20(23)26(2,13-31)25(33)35)24(34)32-11-19-21(29)9-18(28)10-22(19)30/h3-10H,11-12H2,1-2H3,(H,32,34). The number of nitrogens with zero attached hydrogens (tertiary/aromatic N) is 2. The van der Waals surface area contributed by atoms with Crippen molar-refractivity contribution in [2.45, 2.75) is 32.4 Å². The molecule has 0 bridgehead atoms. The van der Waals surface area contributed by atoms with Gasteiger partial charge in [0.25, 0.3) is 11.8 Å². The van der Waals surface area contributed by atoms with Crippen molar-refractivity contribution < 1.29 is 27.2 Å². The van der Waals surface area contributed by atoms with E-state index in [1.807, 2.05) is 6.07 Å². The van der Waals surface area contributed by atoms with E-state index in [9.17, 15) is 32.4 Å². The van der Waals surface area contributed by atoms with Crippen molar-refractivity contribution in [2.24, 2.45) is 0 Å². The van der Waals surface area contributed by atoms with Gasteiger partial charge in [-0.3, -0.25) is 9.59 Å². The second-order valence-corrected chi connectivity index (χ2v) is 8.53. The number of carbonyl (C=O) groups is 2. The molecule has 3 aromatic rings. The van der Waals surface area contributed by atoms with Crippen molar-refractivity contribution in [2.75, 3.05) is 4.90 Å². The van der Waals surface area contributed by atoms with Crippen LogP contribution in [0.3, 0.4) is 0 Å². The average molecular weight is 481 g/mol. The summed E-state index contributed by atoms with van der Waals surface area (Å²) in [6.45, 7) is 2.61. The number of benzene rings is 3. The van der Waals surface area contributed by atoms with Gasteiger partial charge in [0.05, 0.1) is 18.3 Å². The van der Waals surface area contributed by atoms with E-state index in [0.29, 0.717) is 34.5 Å². The van der Waals surface area contributed by atoms with Gasteiger partial charge in [-0.1, -0.05) is 12.1 Å². The van der Waals surface area contributed by atoms with Crippen LogP contribution >= 0.6 is 0 Å². The zero-order valence-electron chi connectivity index (χ0n) is 18.8. The molecule has 4 rings (SSSR count). The molecule has 5 nitrogen and oxygen atoms in total. The molecule has 1 heterocycles. The summed E-state index contributed by atoms with van der Waals surface area (Å²) in [5.41, 5.74) is -0.103. The zero-order valence-corrected chi connectivity index (χ0v) is 18.8. The maximum Gasteiger partial charge on any atom is 0.252 e. The Bertz CT molecular complexity index is 1370. The molecule has 1 aliphatic rings. The van der Waals surface area contributed by atoms with Gasteiger partial charge < -0.3 is 10.2 Å². The SMILES string of the molecule is Cc1cc(F)cc(CN2C(=O)C(C)(C#N)c3ccc(C(=O)NCc4c(F)cc(F)cc4F)cc32)c1. The molecule has 1 unspecified atom stereocenters. The summed E-state index contributed by atoms with van der Waals surface area (Å²) in [5.74, 6) is -5.04. The smallest absolute Gasteiger partial charge is 0.252 e. The van der Waals surface area contributed by atoms with Crippen LogP contribution in [0, 0.1) is 41.5 Å². The maximum absolute atomic E-state index is 13.9. The summed E-state index contributed by atoms with van der Waals surface area (Å²) in [5, 5.41) is 12.1. The highest BCUT2D eigenvalue weighted by Gasteiger charge is 2.48. The van der Waals surface area contributed by atoms with Crippen LogP contribution in [0.1, 0.15) is 39.5 Å². The van der Waals surface area contributed by atoms with Crippen LogP contribution in [-0.2, 0) is 23.3 Å². The van der Waals surface area contributed by atoms with Crippen molar-refractivity contribution >= 4 is 17.5 Å². The molecule has 9 heteroatoms. The summed E-state index contributed by atoms with van der Waals surface area (Å²) in [6.07, 6.45) is 0. The van der Waals surface area contributed by atoms with Gasteiger partial charge in [-0.05, 0) is 49.2 Å². The van der Waals surface area contributed by atoms with Gasteiger partial charge in [-0.15, -0.1) is 0 Å². The molecule has 0 saturated heterocycles. The molecule has 35 heavy (non-hydrogen) atoms. The number of hydrogen-bond acceptors (Lipinski definition) is 3. The molecular weight excluding hydrogens is 462 g/mol. The zero-order chi connectivity index (χ0) is 25.5. The highest BCUT2D eigenvalue weighted by molar-refractivity contribution is 6.11. The second-order valence-electron chi connectivity index (χ2n) is 8.53. The first-order chi connectivity index (χ1) is 16.5. The monoisotopic (exact) mass is 481 g/mol. The second kappa shape index (κ2) is 8.87. The molecule has 0 fully saturated rings. The molecule has 0 spiro atoms. The Morgan fingerprint density at radius 3 is 2.31 bits per heavy atom. The van der Waals surface area contributed by atoms with E-state index in [2.05, 4.69) is 5.32 Å². The van der Waals surface area contributed by atoms with Crippen LogP contribution < -0.4 is 10.2 Å². The molecule has 178 valence electrons. The minimum atomic E-state index is -1.51. The van der Waals surface area contributed by atoms with Gasteiger partial charge in [-0.25, -0.2) is 17.6 Å². The highest BCUT2D eigenvalue weighted by Crippen LogP contribution is 2.42. The molecule has 0 radical (unpaired) electrons. The van der Waals surface area contributed by atoms with Crippen molar-refractivity contribution in [3.8, 4) is 6.07 Å². The Morgan fingerprint density at radius 2 is 1.69 bits per heavy atom. The largest absolute Gasteiger partial charge is 0.348 e. The predicted molar refractivity (Wildman–Crippen MR) is 119 cm³/mol. The summed E-state index contributed by atoms with van der Waals surface area (Å²) in [4.78, 5) is 27.2. The Hall–Kier alpha value is -4.19. The summed E-state index contributed by atoms with van der Waals surface area (Å²) < 4.78 is 54.8. The number of aryl methyl sites for hydroxylation is 1. The van der Waals surface area contributed by atoms with Crippen molar-refractivity contribution in [3.05, 3.63) is 99.6 Å². The lowest BCUT2D eigenvalue weighted by Crippen LogP contribution is -2.36. The lowest BCUT2D eigenvalue weighted by molar-refractivity contribution is -0.121. The Balaban J connectivity index is 1.65. The number of nitriles is 1. The fraction of sp³-hybridized carbons (Fsp3) is 0.192. The molecule has 3 aromatic carbocycles. The first kappa shape index (κ1) is 24.0. The fourth-order valence-electron chi connectivity index (χ4n) is 4.18. The van der Waals surface area contributed by atoms with E-state index >= 15 is 0 Å². The fourth-order valence-corrected chi connectivity index (χ4v) is 4.18. The van der Waals surface area contributed by atoms with E-state index in [1.165, 1.54) is 42.2 Å². The number of hydrogen-bond donors (Lipinski definition) is 1. The topological polar surface area (TPSA) is 73.2 Å². The molecule has 0 aliphatic carbocycles. The minimum Gasteiger partial charge on any atom is -0.348 e. The van der Waals surface area contributed by atoms with Gasteiger partial charge in [-0.2, -0.15) is 5.26 Å². The quantitative estimate of drug-likeness (QED) is 0.532. The van der Waals surface area contributed by atoms with E-state index < -0.39 is 52.6 Å². The lowest BCUT2D eigenvalue weighted by Gasteiger charge is -2.20. The maximum atomic E-state index is 13.9. The lowest BCUT2D eigenvalue weighted by atomic mass is 9.85. The van der Waals surface area contributed by atoms with Crippen LogP contribution in [0.2, 0.25) is 0 Å². The van der Waals surface area contributed by atoms with Gasteiger partial charge >= 0.3 is 0 Å². The predicted octanol–water partition coefficient (Wildman–Crippen LogP) is 4.81. The first-order valence-corrected chi connectivity index (χ1v) is 10.6. The third kappa shape index (κ3) is 4.35. The van der Waals surface area contributed by atoms with Crippen LogP contribution in [-0.4, -0.2) is 11.8 Å². The molecule has 1 aliphatic heterocycles. The van der Waals surface area contributed by atoms with E-state index in [1.54, 1.807) is 13.0 Å². The first-order valence-electron chi connectivity index (χ1n) is 10.6. The van der Waals surface area contributed by atoms with E-state index in [4.69, 9.17) is 0 Å². The molecule has 0 aromatic heterocycles. The number of carbonyl (C=O) groups excluding carboxylic acids is 2. The van der Waals surface area contributed by atoms with Gasteiger partial charge in [0.1, 0.15) is 23.3 Å².